The minimum Gasteiger partial charge on any atom is -0.497 e. The topological polar surface area (TPSA) is 94.2 Å². The minimum atomic E-state index is -3.51. The maximum absolute atomic E-state index is 12.8. The number of sulfonamides is 1. The lowest BCUT2D eigenvalue weighted by Gasteiger charge is -2.26. The Morgan fingerprint density at radius 3 is 2.39 bits per heavy atom. The number of carbonyl (C=O) groups is 1. The number of nitrogens with one attached hydrogen (secondary N) is 1. The van der Waals surface area contributed by atoms with E-state index in [1.807, 2.05) is 0 Å². The summed E-state index contributed by atoms with van der Waals surface area (Å²) in [5, 5.41) is 2.73. The van der Waals surface area contributed by atoms with Gasteiger partial charge in [0.15, 0.2) is 6.61 Å². The summed E-state index contributed by atoms with van der Waals surface area (Å²) in [5.74, 6) is 1.17. The van der Waals surface area contributed by atoms with Crippen LogP contribution in [0.5, 0.6) is 17.2 Å². The second-order valence-corrected chi connectivity index (χ2v) is 9.23. The predicted octanol–water partition coefficient (Wildman–Crippen LogP) is 3.20. The summed E-state index contributed by atoms with van der Waals surface area (Å²) in [5.41, 5.74) is 1.14. The number of piperidine rings is 1. The van der Waals surface area contributed by atoms with Crippen molar-refractivity contribution < 1.29 is 27.4 Å². The smallest absolute Gasteiger partial charge is 0.262 e. The van der Waals surface area contributed by atoms with Gasteiger partial charge in [-0.15, -0.1) is 0 Å². The molecule has 0 aromatic heterocycles. The monoisotopic (exact) mass is 448 g/mol. The second-order valence-electron chi connectivity index (χ2n) is 7.30. The number of benzene rings is 2. The van der Waals surface area contributed by atoms with Gasteiger partial charge < -0.3 is 19.5 Å². The van der Waals surface area contributed by atoms with Crippen molar-refractivity contribution in [2.75, 3.05) is 39.2 Å². The van der Waals surface area contributed by atoms with Gasteiger partial charge in [0.05, 0.1) is 24.8 Å². The highest BCUT2D eigenvalue weighted by atomic mass is 32.2. The lowest BCUT2D eigenvalue weighted by Crippen LogP contribution is -2.35. The maximum atomic E-state index is 12.8. The molecule has 0 bridgehead atoms. The summed E-state index contributed by atoms with van der Waals surface area (Å²) in [4.78, 5) is 12.6. The van der Waals surface area contributed by atoms with Crippen molar-refractivity contribution in [3.63, 3.8) is 0 Å². The molecule has 0 aliphatic carbocycles. The van der Waals surface area contributed by atoms with Crippen LogP contribution in [-0.2, 0) is 14.8 Å². The van der Waals surface area contributed by atoms with Crippen molar-refractivity contribution in [1.29, 1.82) is 0 Å². The Balaban J connectivity index is 1.64. The number of ether oxygens (including phenoxy) is 3. The summed E-state index contributed by atoms with van der Waals surface area (Å²) in [6, 6.07) is 9.77. The van der Waals surface area contributed by atoms with Crippen LogP contribution in [0.15, 0.2) is 41.3 Å². The molecule has 1 saturated heterocycles. The number of anilines is 1. The average Bonchev–Trinajstić information content (AvgIpc) is 2.79. The van der Waals surface area contributed by atoms with E-state index in [4.69, 9.17) is 14.2 Å². The Kier molecular flexibility index (Phi) is 7.40. The minimum absolute atomic E-state index is 0.228. The number of rotatable bonds is 8. The molecule has 8 nitrogen and oxygen atoms in total. The van der Waals surface area contributed by atoms with Crippen molar-refractivity contribution in [2.24, 2.45) is 0 Å². The van der Waals surface area contributed by atoms with Crippen LogP contribution in [0, 0.1) is 6.92 Å². The van der Waals surface area contributed by atoms with Crippen molar-refractivity contribution in [2.45, 2.75) is 31.1 Å². The van der Waals surface area contributed by atoms with Crippen molar-refractivity contribution in [1.82, 2.24) is 4.31 Å². The third kappa shape index (κ3) is 5.48. The fourth-order valence-electron chi connectivity index (χ4n) is 3.43. The molecule has 1 heterocycles. The van der Waals surface area contributed by atoms with Gasteiger partial charge in [-0.05, 0) is 55.7 Å². The fraction of sp³-hybridized carbons (Fsp3) is 0.409. The van der Waals surface area contributed by atoms with Crippen LogP contribution >= 0.6 is 0 Å². The second kappa shape index (κ2) is 10.0. The van der Waals surface area contributed by atoms with Crippen molar-refractivity contribution >= 4 is 21.6 Å². The molecule has 1 aliphatic heterocycles. The van der Waals surface area contributed by atoms with Gasteiger partial charge in [-0.1, -0.05) is 6.42 Å². The maximum Gasteiger partial charge on any atom is 0.262 e. The van der Waals surface area contributed by atoms with Gasteiger partial charge in [-0.3, -0.25) is 4.79 Å². The third-order valence-electron chi connectivity index (χ3n) is 5.14. The number of hydrogen-bond acceptors (Lipinski definition) is 6. The van der Waals surface area contributed by atoms with Crippen LogP contribution in [-0.4, -0.2) is 52.5 Å². The van der Waals surface area contributed by atoms with E-state index in [-0.39, 0.29) is 17.4 Å². The van der Waals surface area contributed by atoms with Gasteiger partial charge in [-0.2, -0.15) is 4.31 Å². The highest BCUT2D eigenvalue weighted by molar-refractivity contribution is 7.89. The van der Waals surface area contributed by atoms with E-state index in [1.54, 1.807) is 44.4 Å². The molecule has 9 heteroatoms. The fourth-order valence-corrected chi connectivity index (χ4v) is 5.03. The molecular weight excluding hydrogens is 420 g/mol. The first-order valence-electron chi connectivity index (χ1n) is 10.1. The Bertz CT molecular complexity index is 1030. The first kappa shape index (κ1) is 22.9. The van der Waals surface area contributed by atoms with E-state index in [9.17, 15) is 13.2 Å². The molecule has 0 saturated carbocycles. The van der Waals surface area contributed by atoms with Gasteiger partial charge in [0.2, 0.25) is 10.0 Å². The Morgan fingerprint density at radius 2 is 1.74 bits per heavy atom. The zero-order chi connectivity index (χ0) is 22.4. The Labute approximate surface area is 183 Å². The molecule has 0 spiro atoms. The number of amides is 1. The van der Waals surface area contributed by atoms with Crippen molar-refractivity contribution in [3.05, 3.63) is 42.0 Å². The highest BCUT2D eigenvalue weighted by Gasteiger charge is 2.26. The molecule has 0 atom stereocenters. The summed E-state index contributed by atoms with van der Waals surface area (Å²) in [6.45, 7) is 2.63. The molecule has 0 radical (unpaired) electrons. The summed E-state index contributed by atoms with van der Waals surface area (Å²) in [7, 11) is -0.461. The van der Waals surface area contributed by atoms with E-state index in [0.717, 1.165) is 19.3 Å². The quantitative estimate of drug-likeness (QED) is 0.667. The van der Waals surface area contributed by atoms with E-state index in [0.29, 0.717) is 41.6 Å². The average molecular weight is 449 g/mol. The van der Waals surface area contributed by atoms with E-state index >= 15 is 0 Å². The van der Waals surface area contributed by atoms with Crippen LogP contribution < -0.4 is 19.5 Å². The number of carbonyl (C=O) groups excluding carboxylic acids is 1. The molecular formula is C22H28N2O6S. The van der Waals surface area contributed by atoms with Crippen LogP contribution in [0.4, 0.5) is 5.69 Å². The normalized spacial score (nSPS) is 14.7. The number of aryl methyl sites for hydroxylation is 1. The van der Waals surface area contributed by atoms with Gasteiger partial charge in [-0.25, -0.2) is 8.42 Å². The number of methoxy groups -OCH3 is 2. The first-order chi connectivity index (χ1) is 14.8. The zero-order valence-corrected chi connectivity index (χ0v) is 18.8. The van der Waals surface area contributed by atoms with E-state index in [1.165, 1.54) is 17.5 Å². The lowest BCUT2D eigenvalue weighted by molar-refractivity contribution is -0.118. The number of nitrogens with zero attached hydrogens (tertiary/aromatic N) is 1. The Morgan fingerprint density at radius 1 is 1.00 bits per heavy atom. The molecule has 1 aliphatic rings. The Hall–Kier alpha value is -2.78. The molecule has 0 unspecified atom stereocenters. The third-order valence-corrected chi connectivity index (χ3v) is 7.04. The van der Waals surface area contributed by atoms with Gasteiger partial charge in [0, 0.05) is 19.2 Å². The predicted molar refractivity (Wildman–Crippen MR) is 117 cm³/mol. The molecule has 1 fully saturated rings. The molecule has 2 aromatic carbocycles. The van der Waals surface area contributed by atoms with Crippen LogP contribution in [0.25, 0.3) is 0 Å². The first-order valence-corrected chi connectivity index (χ1v) is 11.5. The summed E-state index contributed by atoms with van der Waals surface area (Å²) >= 11 is 0. The van der Waals surface area contributed by atoms with Gasteiger partial charge >= 0.3 is 0 Å². The molecule has 3 rings (SSSR count). The van der Waals surface area contributed by atoms with Gasteiger partial charge in [0.25, 0.3) is 5.91 Å². The van der Waals surface area contributed by atoms with Crippen LogP contribution in [0.1, 0.15) is 24.8 Å². The largest absolute Gasteiger partial charge is 0.497 e. The standard InChI is InChI=1S/C22H28N2O6S/c1-16-13-18(31(26,27)24-11-5-4-6-12-24)8-10-20(16)30-15-22(25)23-19-9-7-17(28-2)14-21(19)29-3/h7-10,13-14H,4-6,11-12,15H2,1-3H3,(H,23,25). The van der Waals surface area contributed by atoms with Gasteiger partial charge in [0.1, 0.15) is 17.2 Å². The van der Waals surface area contributed by atoms with Crippen molar-refractivity contribution in [3.8, 4) is 17.2 Å². The van der Waals surface area contributed by atoms with E-state index < -0.39 is 10.0 Å². The molecule has 31 heavy (non-hydrogen) atoms. The lowest BCUT2D eigenvalue weighted by atomic mass is 10.2. The molecule has 1 amide bonds. The SMILES string of the molecule is COc1ccc(NC(=O)COc2ccc(S(=O)(=O)N3CCCCC3)cc2C)c(OC)c1. The highest BCUT2D eigenvalue weighted by Crippen LogP contribution is 2.29. The summed E-state index contributed by atoms with van der Waals surface area (Å²) < 4.78 is 43.2. The summed E-state index contributed by atoms with van der Waals surface area (Å²) in [6.07, 6.45) is 2.82. The molecule has 1 N–H and O–H groups in total. The molecule has 2 aromatic rings. The van der Waals surface area contributed by atoms with Crippen LogP contribution in [0.2, 0.25) is 0 Å². The van der Waals surface area contributed by atoms with E-state index in [2.05, 4.69) is 5.32 Å². The van der Waals surface area contributed by atoms with Crippen LogP contribution in [0.3, 0.4) is 0 Å². The molecule has 168 valence electrons. The number of hydrogen-bond donors (Lipinski definition) is 1. The zero-order valence-electron chi connectivity index (χ0n) is 18.0.